The van der Waals surface area contributed by atoms with Gasteiger partial charge in [-0.2, -0.15) is 0 Å². The molecule has 1 fully saturated rings. The van der Waals surface area contributed by atoms with Crippen molar-refractivity contribution in [3.63, 3.8) is 0 Å². The summed E-state index contributed by atoms with van der Waals surface area (Å²) in [4.78, 5) is 24.0. The van der Waals surface area contributed by atoms with E-state index in [-0.39, 0.29) is 6.04 Å². The molecular formula is C15H18N6O. The van der Waals surface area contributed by atoms with E-state index in [2.05, 4.69) is 9.97 Å². The molecule has 1 aliphatic rings. The Bertz CT molecular complexity index is 662. The number of primary amides is 1. The second-order valence-corrected chi connectivity index (χ2v) is 5.21. The average Bonchev–Trinajstić information content (AvgIpc) is 2.55. The summed E-state index contributed by atoms with van der Waals surface area (Å²) in [5, 5.41) is 0. The number of anilines is 2. The van der Waals surface area contributed by atoms with Gasteiger partial charge < -0.3 is 21.3 Å². The van der Waals surface area contributed by atoms with Gasteiger partial charge in [0.25, 0.3) is 0 Å². The Morgan fingerprint density at radius 3 is 2.64 bits per heavy atom. The van der Waals surface area contributed by atoms with Gasteiger partial charge in [0.2, 0.25) is 5.95 Å². The first kappa shape index (κ1) is 14.1. The lowest BCUT2D eigenvalue weighted by Gasteiger charge is -2.40. The summed E-state index contributed by atoms with van der Waals surface area (Å²) in [5.74, 6) is 0.653. The lowest BCUT2D eigenvalue weighted by atomic mass is 10.0. The van der Waals surface area contributed by atoms with E-state index in [0.29, 0.717) is 31.3 Å². The van der Waals surface area contributed by atoms with Crippen LogP contribution in [0.25, 0.3) is 0 Å². The molecule has 1 unspecified atom stereocenters. The number of carbonyl (C=O) groups is 1. The number of benzene rings is 1. The first-order valence-electron chi connectivity index (χ1n) is 7.08. The summed E-state index contributed by atoms with van der Waals surface area (Å²) < 4.78 is 0. The zero-order valence-corrected chi connectivity index (χ0v) is 12.1. The van der Waals surface area contributed by atoms with Gasteiger partial charge in [0.1, 0.15) is 0 Å². The van der Waals surface area contributed by atoms with Crippen molar-refractivity contribution in [1.82, 2.24) is 14.9 Å². The maximum atomic E-state index is 11.7. The van der Waals surface area contributed by atoms with E-state index >= 15 is 0 Å². The third kappa shape index (κ3) is 2.78. The van der Waals surface area contributed by atoms with Crippen LogP contribution in [-0.2, 0) is 0 Å². The first-order chi connectivity index (χ1) is 10.6. The number of nitrogen functional groups attached to an aromatic ring is 1. The second kappa shape index (κ2) is 5.88. The lowest BCUT2D eigenvalue weighted by molar-refractivity contribution is 0.175. The van der Waals surface area contributed by atoms with Crippen molar-refractivity contribution in [3.05, 3.63) is 48.3 Å². The molecule has 1 aromatic heterocycles. The molecule has 2 heterocycles. The molecule has 2 amide bonds. The van der Waals surface area contributed by atoms with Gasteiger partial charge >= 0.3 is 6.03 Å². The summed E-state index contributed by atoms with van der Waals surface area (Å²) in [6, 6.07) is 8.70. The molecule has 1 aromatic carbocycles. The minimum Gasteiger partial charge on any atom is -0.399 e. The molecule has 0 radical (unpaired) electrons. The molecular weight excluding hydrogens is 280 g/mol. The molecule has 1 aliphatic heterocycles. The summed E-state index contributed by atoms with van der Waals surface area (Å²) in [7, 11) is 0. The molecule has 22 heavy (non-hydrogen) atoms. The first-order valence-corrected chi connectivity index (χ1v) is 7.08. The predicted octanol–water partition coefficient (Wildman–Crippen LogP) is 1.00. The molecule has 0 spiro atoms. The smallest absolute Gasteiger partial charge is 0.315 e. The van der Waals surface area contributed by atoms with Gasteiger partial charge in [-0.25, -0.2) is 14.8 Å². The van der Waals surface area contributed by atoms with Gasteiger partial charge in [0.05, 0.1) is 6.04 Å². The van der Waals surface area contributed by atoms with Crippen molar-refractivity contribution in [2.75, 3.05) is 30.3 Å². The zero-order valence-electron chi connectivity index (χ0n) is 12.1. The van der Waals surface area contributed by atoms with Crippen LogP contribution >= 0.6 is 0 Å². The third-order valence-electron chi connectivity index (χ3n) is 3.79. The van der Waals surface area contributed by atoms with Gasteiger partial charge in [-0.1, -0.05) is 12.1 Å². The number of amides is 2. The fraction of sp³-hybridized carbons (Fsp3) is 0.267. The highest BCUT2D eigenvalue weighted by Crippen LogP contribution is 2.27. The van der Waals surface area contributed by atoms with Crippen LogP contribution in [0.3, 0.4) is 0 Å². The summed E-state index contributed by atoms with van der Waals surface area (Å²) in [5.41, 5.74) is 13.0. The summed E-state index contributed by atoms with van der Waals surface area (Å²) in [6.45, 7) is 1.75. The van der Waals surface area contributed by atoms with Crippen molar-refractivity contribution < 1.29 is 4.79 Å². The summed E-state index contributed by atoms with van der Waals surface area (Å²) >= 11 is 0. The van der Waals surface area contributed by atoms with Crippen LogP contribution in [0.15, 0.2) is 42.7 Å². The van der Waals surface area contributed by atoms with Crippen LogP contribution in [-0.4, -0.2) is 40.5 Å². The molecule has 0 bridgehead atoms. The van der Waals surface area contributed by atoms with Crippen molar-refractivity contribution in [2.24, 2.45) is 5.73 Å². The molecule has 0 aliphatic carbocycles. The highest BCUT2D eigenvalue weighted by atomic mass is 16.2. The largest absolute Gasteiger partial charge is 0.399 e. The Morgan fingerprint density at radius 2 is 1.95 bits per heavy atom. The van der Waals surface area contributed by atoms with Crippen LogP contribution in [0.4, 0.5) is 16.4 Å². The SMILES string of the molecule is NC(=O)N1CCN(c2ncccn2)CC1c1cccc(N)c1. The van der Waals surface area contributed by atoms with E-state index in [9.17, 15) is 4.79 Å². The minimum absolute atomic E-state index is 0.168. The Kier molecular flexibility index (Phi) is 3.78. The van der Waals surface area contributed by atoms with E-state index in [4.69, 9.17) is 11.5 Å². The van der Waals surface area contributed by atoms with E-state index in [1.54, 1.807) is 23.4 Å². The van der Waals surface area contributed by atoms with Gasteiger partial charge in [-0.3, -0.25) is 0 Å². The minimum atomic E-state index is -0.430. The third-order valence-corrected chi connectivity index (χ3v) is 3.79. The average molecular weight is 298 g/mol. The number of hydrogen-bond acceptors (Lipinski definition) is 5. The summed E-state index contributed by atoms with van der Waals surface area (Å²) in [6.07, 6.45) is 3.41. The number of nitrogens with two attached hydrogens (primary N) is 2. The molecule has 7 nitrogen and oxygen atoms in total. The Hall–Kier alpha value is -2.83. The number of nitrogens with zero attached hydrogens (tertiary/aromatic N) is 4. The molecule has 0 saturated carbocycles. The van der Waals surface area contributed by atoms with Crippen molar-refractivity contribution in [2.45, 2.75) is 6.04 Å². The van der Waals surface area contributed by atoms with Crippen LogP contribution in [0.5, 0.6) is 0 Å². The van der Waals surface area contributed by atoms with Crippen LogP contribution in [0.2, 0.25) is 0 Å². The molecule has 114 valence electrons. The molecule has 1 saturated heterocycles. The van der Waals surface area contributed by atoms with Gasteiger partial charge in [0, 0.05) is 37.7 Å². The standard InChI is InChI=1S/C15H18N6O/c16-12-4-1-3-11(9-12)13-10-20(7-8-21(13)14(17)22)15-18-5-2-6-19-15/h1-6,9,13H,7-8,10,16H2,(H2,17,22). The fourth-order valence-corrected chi connectivity index (χ4v) is 2.73. The van der Waals surface area contributed by atoms with Crippen LogP contribution in [0.1, 0.15) is 11.6 Å². The number of rotatable bonds is 2. The Morgan fingerprint density at radius 1 is 1.18 bits per heavy atom. The number of urea groups is 1. The van der Waals surface area contributed by atoms with Crippen LogP contribution < -0.4 is 16.4 Å². The normalized spacial score (nSPS) is 18.3. The van der Waals surface area contributed by atoms with Gasteiger partial charge in [-0.05, 0) is 23.8 Å². The Balaban J connectivity index is 1.90. The second-order valence-electron chi connectivity index (χ2n) is 5.21. The number of carbonyl (C=O) groups excluding carboxylic acids is 1. The monoisotopic (exact) mass is 298 g/mol. The Labute approximate surface area is 128 Å². The quantitative estimate of drug-likeness (QED) is 0.805. The number of hydrogen-bond donors (Lipinski definition) is 2. The van der Waals surface area contributed by atoms with E-state index in [1.165, 1.54) is 0 Å². The molecule has 4 N–H and O–H groups in total. The lowest BCUT2D eigenvalue weighted by Crippen LogP contribution is -2.52. The van der Waals surface area contributed by atoms with Crippen molar-refractivity contribution >= 4 is 17.7 Å². The van der Waals surface area contributed by atoms with Crippen LogP contribution in [0, 0.1) is 0 Å². The van der Waals surface area contributed by atoms with Gasteiger partial charge in [0.15, 0.2) is 0 Å². The maximum Gasteiger partial charge on any atom is 0.315 e. The molecule has 7 heteroatoms. The highest BCUT2D eigenvalue weighted by Gasteiger charge is 2.31. The van der Waals surface area contributed by atoms with Crippen molar-refractivity contribution in [1.29, 1.82) is 0 Å². The molecule has 3 rings (SSSR count). The predicted molar refractivity (Wildman–Crippen MR) is 84.1 cm³/mol. The fourth-order valence-electron chi connectivity index (χ4n) is 2.73. The van der Waals surface area contributed by atoms with Gasteiger partial charge in [-0.15, -0.1) is 0 Å². The van der Waals surface area contributed by atoms with E-state index in [1.807, 2.05) is 29.2 Å². The molecule has 2 aromatic rings. The number of piperazine rings is 1. The topological polar surface area (TPSA) is 101 Å². The molecule has 1 atom stereocenters. The zero-order chi connectivity index (χ0) is 15.5. The highest BCUT2D eigenvalue weighted by molar-refractivity contribution is 5.73. The van der Waals surface area contributed by atoms with E-state index in [0.717, 1.165) is 5.56 Å². The van der Waals surface area contributed by atoms with Crippen molar-refractivity contribution in [3.8, 4) is 0 Å². The maximum absolute atomic E-state index is 11.7. The van der Waals surface area contributed by atoms with E-state index < -0.39 is 6.03 Å². The number of aromatic nitrogens is 2.